The molecule has 0 aromatic carbocycles. The highest BCUT2D eigenvalue weighted by Gasteiger charge is 2.28. The van der Waals surface area contributed by atoms with Crippen molar-refractivity contribution in [3.05, 3.63) is 0 Å². The number of hydrogen-bond donors (Lipinski definition) is 1. The molecule has 4 heteroatoms. The van der Waals surface area contributed by atoms with Gasteiger partial charge in [-0.2, -0.15) is 11.8 Å². The molecule has 0 aliphatic rings. The molecule has 0 bridgehead atoms. The Balaban J connectivity index is 3.81. The van der Waals surface area contributed by atoms with Crippen molar-refractivity contribution in [2.75, 3.05) is 25.2 Å². The maximum absolute atomic E-state index is 11.4. The smallest absolute Gasteiger partial charge is 0.312 e. The lowest BCUT2D eigenvalue weighted by Gasteiger charge is -2.24. The van der Waals surface area contributed by atoms with Gasteiger partial charge in [0.2, 0.25) is 0 Å². The average Bonchev–Trinajstić information content (AvgIpc) is 2.25. The number of hydrogen-bond acceptors (Lipinski definition) is 4. The van der Waals surface area contributed by atoms with Crippen molar-refractivity contribution in [1.29, 1.82) is 0 Å². The molecular formula is C12H25NO2S. The molecule has 0 aromatic heterocycles. The van der Waals surface area contributed by atoms with Crippen LogP contribution in [-0.4, -0.2) is 37.2 Å². The Morgan fingerprint density at radius 3 is 2.62 bits per heavy atom. The summed E-state index contributed by atoms with van der Waals surface area (Å²) in [5.41, 5.74) is -0.444. The second-order valence-electron chi connectivity index (χ2n) is 4.64. The zero-order valence-electron chi connectivity index (χ0n) is 11.1. The van der Waals surface area contributed by atoms with Crippen molar-refractivity contribution in [2.45, 2.75) is 40.2 Å². The van der Waals surface area contributed by atoms with Gasteiger partial charge in [0.05, 0.1) is 12.5 Å². The van der Waals surface area contributed by atoms with Crippen molar-refractivity contribution in [1.82, 2.24) is 5.32 Å². The Morgan fingerprint density at radius 2 is 2.12 bits per heavy atom. The number of carbonyl (C=O) groups is 1. The quantitative estimate of drug-likeness (QED) is 0.528. The fourth-order valence-electron chi connectivity index (χ4n) is 1.28. The van der Waals surface area contributed by atoms with E-state index in [0.717, 1.165) is 6.42 Å². The van der Waals surface area contributed by atoms with E-state index in [-0.39, 0.29) is 5.97 Å². The van der Waals surface area contributed by atoms with Gasteiger partial charge in [-0.1, -0.05) is 6.92 Å². The van der Waals surface area contributed by atoms with Gasteiger partial charge in [0.25, 0.3) is 0 Å². The van der Waals surface area contributed by atoms with Gasteiger partial charge in [-0.25, -0.2) is 0 Å². The minimum atomic E-state index is -0.444. The van der Waals surface area contributed by atoms with Crippen LogP contribution in [0.3, 0.4) is 0 Å². The number of thioether (sulfide) groups is 1. The SMILES string of the molecule is CCSCCC(C)NCC(C)(C)C(=O)OC. The number of ether oxygens (including phenoxy) is 1. The molecule has 0 saturated heterocycles. The molecule has 0 radical (unpaired) electrons. The van der Waals surface area contributed by atoms with Gasteiger partial charge in [0, 0.05) is 12.6 Å². The van der Waals surface area contributed by atoms with Crippen LogP contribution in [0.25, 0.3) is 0 Å². The highest BCUT2D eigenvalue weighted by atomic mass is 32.2. The highest BCUT2D eigenvalue weighted by molar-refractivity contribution is 7.99. The first-order valence-electron chi connectivity index (χ1n) is 5.83. The molecule has 0 aliphatic heterocycles. The number of nitrogens with one attached hydrogen (secondary N) is 1. The van der Waals surface area contributed by atoms with Crippen molar-refractivity contribution < 1.29 is 9.53 Å². The van der Waals surface area contributed by atoms with Gasteiger partial charge in [-0.3, -0.25) is 4.79 Å². The third kappa shape index (κ3) is 6.38. The number of carbonyl (C=O) groups excluding carboxylic acids is 1. The van der Waals surface area contributed by atoms with Crippen LogP contribution in [-0.2, 0) is 9.53 Å². The third-order valence-corrected chi connectivity index (χ3v) is 3.46. The normalized spacial score (nSPS) is 13.6. The molecule has 0 aromatic rings. The second kappa shape index (κ2) is 7.96. The van der Waals surface area contributed by atoms with E-state index in [1.807, 2.05) is 25.6 Å². The van der Waals surface area contributed by atoms with Crippen LogP contribution < -0.4 is 5.32 Å². The molecule has 0 spiro atoms. The van der Waals surface area contributed by atoms with E-state index < -0.39 is 5.41 Å². The number of rotatable bonds is 8. The predicted molar refractivity (Wildman–Crippen MR) is 70.9 cm³/mol. The molecule has 0 fully saturated rings. The fourth-order valence-corrected chi connectivity index (χ4v) is 2.09. The van der Waals surface area contributed by atoms with E-state index in [1.165, 1.54) is 18.6 Å². The highest BCUT2D eigenvalue weighted by Crippen LogP contribution is 2.16. The van der Waals surface area contributed by atoms with Gasteiger partial charge < -0.3 is 10.1 Å². The van der Waals surface area contributed by atoms with E-state index in [0.29, 0.717) is 12.6 Å². The lowest BCUT2D eigenvalue weighted by Crippen LogP contribution is -2.40. The molecule has 3 nitrogen and oxygen atoms in total. The molecule has 1 unspecified atom stereocenters. The van der Waals surface area contributed by atoms with Gasteiger partial charge in [-0.05, 0) is 38.7 Å². The summed E-state index contributed by atoms with van der Waals surface area (Å²) >= 11 is 1.95. The zero-order chi connectivity index (χ0) is 12.6. The Labute approximate surface area is 104 Å². The first kappa shape index (κ1) is 15.8. The van der Waals surface area contributed by atoms with Gasteiger partial charge in [0.15, 0.2) is 0 Å². The topological polar surface area (TPSA) is 38.3 Å². The summed E-state index contributed by atoms with van der Waals surface area (Å²) in [5, 5.41) is 3.38. The largest absolute Gasteiger partial charge is 0.469 e. The van der Waals surface area contributed by atoms with Gasteiger partial charge >= 0.3 is 5.97 Å². The van der Waals surface area contributed by atoms with Gasteiger partial charge in [-0.15, -0.1) is 0 Å². The van der Waals surface area contributed by atoms with E-state index in [4.69, 9.17) is 4.74 Å². The molecule has 1 atom stereocenters. The maximum Gasteiger partial charge on any atom is 0.312 e. The van der Waals surface area contributed by atoms with Crippen LogP contribution >= 0.6 is 11.8 Å². The summed E-state index contributed by atoms with van der Waals surface area (Å²) in [6.07, 6.45) is 1.13. The first-order chi connectivity index (χ1) is 7.44. The van der Waals surface area contributed by atoms with Crippen LogP contribution in [0.4, 0.5) is 0 Å². The lowest BCUT2D eigenvalue weighted by molar-refractivity contribution is -0.150. The average molecular weight is 247 g/mol. The third-order valence-electron chi connectivity index (χ3n) is 2.53. The van der Waals surface area contributed by atoms with E-state index in [1.54, 1.807) is 0 Å². The molecular weight excluding hydrogens is 222 g/mol. The van der Waals surface area contributed by atoms with E-state index >= 15 is 0 Å². The van der Waals surface area contributed by atoms with Crippen LogP contribution in [0.15, 0.2) is 0 Å². The van der Waals surface area contributed by atoms with Crippen LogP contribution in [0.2, 0.25) is 0 Å². The molecule has 16 heavy (non-hydrogen) atoms. The lowest BCUT2D eigenvalue weighted by atomic mass is 9.93. The summed E-state index contributed by atoms with van der Waals surface area (Å²) in [4.78, 5) is 11.4. The Hall–Kier alpha value is -0.220. The van der Waals surface area contributed by atoms with Gasteiger partial charge in [0.1, 0.15) is 0 Å². The molecule has 1 N–H and O–H groups in total. The summed E-state index contributed by atoms with van der Waals surface area (Å²) in [7, 11) is 1.44. The molecule has 0 heterocycles. The Kier molecular flexibility index (Phi) is 7.85. The van der Waals surface area contributed by atoms with Crippen molar-refractivity contribution in [3.63, 3.8) is 0 Å². The van der Waals surface area contributed by atoms with Crippen LogP contribution in [0.1, 0.15) is 34.1 Å². The van der Waals surface area contributed by atoms with Crippen molar-refractivity contribution >= 4 is 17.7 Å². The van der Waals surface area contributed by atoms with Crippen LogP contribution in [0.5, 0.6) is 0 Å². The van der Waals surface area contributed by atoms with Crippen molar-refractivity contribution in [3.8, 4) is 0 Å². The molecule has 0 aliphatic carbocycles. The molecule has 0 saturated carbocycles. The monoisotopic (exact) mass is 247 g/mol. The summed E-state index contributed by atoms with van der Waals surface area (Å²) in [6.45, 7) is 8.79. The molecule has 96 valence electrons. The standard InChI is InChI=1S/C12H25NO2S/c1-6-16-8-7-10(2)13-9-12(3,4)11(14)15-5/h10,13H,6-9H2,1-5H3. The molecule has 0 amide bonds. The first-order valence-corrected chi connectivity index (χ1v) is 6.99. The minimum absolute atomic E-state index is 0.157. The Morgan fingerprint density at radius 1 is 1.50 bits per heavy atom. The number of methoxy groups -OCH3 is 1. The molecule has 0 rings (SSSR count). The van der Waals surface area contributed by atoms with E-state index in [9.17, 15) is 4.79 Å². The zero-order valence-corrected chi connectivity index (χ0v) is 11.9. The van der Waals surface area contributed by atoms with E-state index in [2.05, 4.69) is 19.2 Å². The van der Waals surface area contributed by atoms with Crippen LogP contribution in [0, 0.1) is 5.41 Å². The fraction of sp³-hybridized carbons (Fsp3) is 0.917. The number of esters is 1. The minimum Gasteiger partial charge on any atom is -0.469 e. The summed E-state index contributed by atoms with van der Waals surface area (Å²) in [6, 6.07) is 0.447. The second-order valence-corrected chi connectivity index (χ2v) is 6.04. The summed E-state index contributed by atoms with van der Waals surface area (Å²) in [5.74, 6) is 2.18. The predicted octanol–water partition coefficient (Wildman–Crippen LogP) is 2.31. The summed E-state index contributed by atoms with van der Waals surface area (Å²) < 4.78 is 4.76. The Bertz CT molecular complexity index is 207. The van der Waals surface area contributed by atoms with Crippen molar-refractivity contribution in [2.24, 2.45) is 5.41 Å². The maximum atomic E-state index is 11.4.